The van der Waals surface area contributed by atoms with Gasteiger partial charge in [0.05, 0.1) is 16.4 Å². The first-order valence-corrected chi connectivity index (χ1v) is 6.28. The largest absolute Gasteiger partial charge is 0.481 e. The van der Waals surface area contributed by atoms with Crippen LogP contribution < -0.4 is 0 Å². The molecule has 1 fully saturated rings. The van der Waals surface area contributed by atoms with Crippen molar-refractivity contribution in [3.8, 4) is 0 Å². The van der Waals surface area contributed by atoms with Crippen LogP contribution in [0.15, 0.2) is 18.2 Å². The Hall–Kier alpha value is -1.84. The SMILES string of the molecule is CCc1nc2ccc(C3(C(=O)O)CC3)cc2n1C. The Morgan fingerprint density at radius 2 is 2.22 bits per heavy atom. The lowest BCUT2D eigenvalue weighted by molar-refractivity contribution is -0.140. The Bertz CT molecular complexity index is 639. The van der Waals surface area contributed by atoms with Gasteiger partial charge in [-0.3, -0.25) is 4.79 Å². The maximum Gasteiger partial charge on any atom is 0.314 e. The molecule has 0 unspecified atom stereocenters. The molecule has 1 aliphatic carbocycles. The minimum absolute atomic E-state index is 0.634. The molecular formula is C14H16N2O2. The van der Waals surface area contributed by atoms with Crippen LogP contribution in [0, 0.1) is 0 Å². The quantitative estimate of drug-likeness (QED) is 0.901. The molecule has 94 valence electrons. The highest BCUT2D eigenvalue weighted by Gasteiger charge is 2.51. The maximum absolute atomic E-state index is 11.3. The molecule has 4 heteroatoms. The Labute approximate surface area is 105 Å². The van der Waals surface area contributed by atoms with Crippen molar-refractivity contribution in [2.24, 2.45) is 7.05 Å². The molecule has 1 aliphatic rings. The van der Waals surface area contributed by atoms with Crippen molar-refractivity contribution in [2.45, 2.75) is 31.6 Å². The van der Waals surface area contributed by atoms with E-state index in [0.29, 0.717) is 0 Å². The normalized spacial score (nSPS) is 17.0. The van der Waals surface area contributed by atoms with Crippen molar-refractivity contribution in [3.05, 3.63) is 29.6 Å². The van der Waals surface area contributed by atoms with E-state index in [4.69, 9.17) is 0 Å². The van der Waals surface area contributed by atoms with Crippen LogP contribution in [0.3, 0.4) is 0 Å². The minimum Gasteiger partial charge on any atom is -0.481 e. The summed E-state index contributed by atoms with van der Waals surface area (Å²) in [5.74, 6) is 0.321. The number of carboxylic acid groups (broad SMARTS) is 1. The molecule has 0 bridgehead atoms. The van der Waals surface area contributed by atoms with Crippen LogP contribution in [-0.4, -0.2) is 20.6 Å². The number of hydrogen-bond donors (Lipinski definition) is 1. The van der Waals surface area contributed by atoms with Crippen LogP contribution in [-0.2, 0) is 23.7 Å². The molecule has 0 aliphatic heterocycles. The van der Waals surface area contributed by atoms with Gasteiger partial charge in [-0.05, 0) is 30.5 Å². The Morgan fingerprint density at radius 1 is 1.50 bits per heavy atom. The fourth-order valence-electron chi connectivity index (χ4n) is 2.60. The van der Waals surface area contributed by atoms with Crippen molar-refractivity contribution in [2.75, 3.05) is 0 Å². The number of benzene rings is 1. The van der Waals surface area contributed by atoms with Gasteiger partial charge < -0.3 is 9.67 Å². The summed E-state index contributed by atoms with van der Waals surface area (Å²) in [6, 6.07) is 5.84. The summed E-state index contributed by atoms with van der Waals surface area (Å²) in [5, 5.41) is 9.33. The number of imidazole rings is 1. The van der Waals surface area contributed by atoms with Crippen LogP contribution in [0.25, 0.3) is 11.0 Å². The van der Waals surface area contributed by atoms with Crippen molar-refractivity contribution in [3.63, 3.8) is 0 Å². The Kier molecular flexibility index (Phi) is 2.24. The first-order chi connectivity index (χ1) is 8.58. The zero-order valence-electron chi connectivity index (χ0n) is 10.6. The van der Waals surface area contributed by atoms with Gasteiger partial charge in [0.2, 0.25) is 0 Å². The second-order valence-electron chi connectivity index (χ2n) is 5.03. The van der Waals surface area contributed by atoms with Gasteiger partial charge in [0, 0.05) is 13.5 Å². The van der Waals surface area contributed by atoms with Gasteiger partial charge in [-0.25, -0.2) is 4.98 Å². The molecule has 4 nitrogen and oxygen atoms in total. The molecule has 0 amide bonds. The van der Waals surface area contributed by atoms with E-state index in [2.05, 4.69) is 16.5 Å². The standard InChI is InChI=1S/C14H16N2O2/c1-3-12-15-10-5-4-9(8-11(10)16(12)2)14(6-7-14)13(17)18/h4-5,8H,3,6-7H2,1-2H3,(H,17,18). The number of aromatic nitrogens is 2. The highest BCUT2D eigenvalue weighted by Crippen LogP contribution is 2.48. The first kappa shape index (κ1) is 11.3. The third kappa shape index (κ3) is 1.38. The van der Waals surface area contributed by atoms with Crippen LogP contribution in [0.2, 0.25) is 0 Å². The van der Waals surface area contributed by atoms with E-state index in [9.17, 15) is 9.90 Å². The average molecular weight is 244 g/mol. The molecular weight excluding hydrogens is 228 g/mol. The van der Waals surface area contributed by atoms with Gasteiger partial charge >= 0.3 is 5.97 Å². The summed E-state index contributed by atoms with van der Waals surface area (Å²) in [6.07, 6.45) is 2.36. The predicted molar refractivity (Wildman–Crippen MR) is 68.6 cm³/mol. The van der Waals surface area contributed by atoms with Gasteiger partial charge in [-0.2, -0.15) is 0 Å². The fourth-order valence-corrected chi connectivity index (χ4v) is 2.60. The smallest absolute Gasteiger partial charge is 0.314 e. The van der Waals surface area contributed by atoms with E-state index in [-0.39, 0.29) is 0 Å². The van der Waals surface area contributed by atoms with Gasteiger partial charge in [-0.15, -0.1) is 0 Å². The minimum atomic E-state index is -0.709. The summed E-state index contributed by atoms with van der Waals surface area (Å²) in [4.78, 5) is 15.9. The van der Waals surface area contributed by atoms with Crippen molar-refractivity contribution in [1.82, 2.24) is 9.55 Å². The Morgan fingerprint density at radius 3 is 2.78 bits per heavy atom. The van der Waals surface area contributed by atoms with E-state index >= 15 is 0 Å². The third-order valence-corrected chi connectivity index (χ3v) is 4.00. The summed E-state index contributed by atoms with van der Waals surface area (Å²) < 4.78 is 2.05. The topological polar surface area (TPSA) is 55.1 Å². The lowest BCUT2D eigenvalue weighted by Crippen LogP contribution is -2.19. The fraction of sp³-hybridized carbons (Fsp3) is 0.429. The summed E-state index contributed by atoms with van der Waals surface area (Å²) >= 11 is 0. The average Bonchev–Trinajstić information content (AvgIpc) is 3.11. The highest BCUT2D eigenvalue weighted by molar-refractivity contribution is 5.87. The van der Waals surface area contributed by atoms with Crippen molar-refractivity contribution >= 4 is 17.0 Å². The van der Waals surface area contributed by atoms with Gasteiger partial charge in [0.25, 0.3) is 0 Å². The van der Waals surface area contributed by atoms with Crippen LogP contribution in [0.1, 0.15) is 31.2 Å². The van der Waals surface area contributed by atoms with Gasteiger partial charge in [0.15, 0.2) is 0 Å². The number of aryl methyl sites for hydroxylation is 2. The molecule has 1 heterocycles. The van der Waals surface area contributed by atoms with Crippen LogP contribution >= 0.6 is 0 Å². The molecule has 3 rings (SSSR count). The molecule has 1 saturated carbocycles. The molecule has 18 heavy (non-hydrogen) atoms. The second-order valence-corrected chi connectivity index (χ2v) is 5.03. The number of rotatable bonds is 3. The molecule has 0 atom stereocenters. The number of carbonyl (C=O) groups is 1. The molecule has 1 aromatic carbocycles. The van der Waals surface area contributed by atoms with Gasteiger partial charge in [-0.1, -0.05) is 13.0 Å². The monoisotopic (exact) mass is 244 g/mol. The maximum atomic E-state index is 11.3. The molecule has 1 aromatic heterocycles. The van der Waals surface area contributed by atoms with E-state index in [1.165, 1.54) is 0 Å². The lowest BCUT2D eigenvalue weighted by Gasteiger charge is -2.10. The number of carboxylic acids is 1. The highest BCUT2D eigenvalue weighted by atomic mass is 16.4. The predicted octanol–water partition coefficient (Wildman–Crippen LogP) is 2.25. The second kappa shape index (κ2) is 3.57. The number of hydrogen-bond acceptors (Lipinski definition) is 2. The van der Waals surface area contributed by atoms with Crippen LogP contribution in [0.5, 0.6) is 0 Å². The van der Waals surface area contributed by atoms with E-state index in [0.717, 1.165) is 41.7 Å². The number of fused-ring (bicyclic) bond motifs is 1. The molecule has 0 radical (unpaired) electrons. The molecule has 2 aromatic rings. The summed E-state index contributed by atoms with van der Waals surface area (Å²) in [6.45, 7) is 2.07. The molecule has 1 N–H and O–H groups in total. The van der Waals surface area contributed by atoms with Gasteiger partial charge in [0.1, 0.15) is 5.82 Å². The number of nitrogens with zero attached hydrogens (tertiary/aromatic N) is 2. The zero-order chi connectivity index (χ0) is 12.9. The number of aliphatic carboxylic acids is 1. The molecule has 0 saturated heterocycles. The Balaban J connectivity index is 2.17. The first-order valence-electron chi connectivity index (χ1n) is 6.28. The molecule has 0 spiro atoms. The van der Waals surface area contributed by atoms with E-state index in [1.807, 2.05) is 25.2 Å². The van der Waals surface area contributed by atoms with Crippen molar-refractivity contribution in [1.29, 1.82) is 0 Å². The van der Waals surface area contributed by atoms with Crippen LogP contribution in [0.4, 0.5) is 0 Å². The van der Waals surface area contributed by atoms with E-state index in [1.54, 1.807) is 0 Å². The summed E-state index contributed by atoms with van der Waals surface area (Å²) in [7, 11) is 1.98. The zero-order valence-corrected chi connectivity index (χ0v) is 10.6. The lowest BCUT2D eigenvalue weighted by atomic mass is 9.96. The van der Waals surface area contributed by atoms with Crippen molar-refractivity contribution < 1.29 is 9.90 Å². The third-order valence-electron chi connectivity index (χ3n) is 4.00. The summed E-state index contributed by atoms with van der Waals surface area (Å²) in [5.41, 5.74) is 2.24. The van der Waals surface area contributed by atoms with E-state index < -0.39 is 11.4 Å².